The van der Waals surface area contributed by atoms with Crippen LogP contribution in [-0.2, 0) is 0 Å². The van der Waals surface area contributed by atoms with Crippen molar-refractivity contribution in [3.63, 3.8) is 0 Å². The van der Waals surface area contributed by atoms with Crippen LogP contribution in [0.1, 0.15) is 28.8 Å². The molecule has 124 valence electrons. The molecule has 0 saturated carbocycles. The molecule has 6 heteroatoms. The topological polar surface area (TPSA) is 72.7 Å². The molecule has 24 heavy (non-hydrogen) atoms. The number of amides is 1. The van der Waals surface area contributed by atoms with Crippen LogP contribution in [0.5, 0.6) is 11.5 Å². The summed E-state index contributed by atoms with van der Waals surface area (Å²) in [4.78, 5) is 24.8. The lowest BCUT2D eigenvalue weighted by atomic mass is 10.2. The average molecular weight is 326 g/mol. The van der Waals surface area contributed by atoms with E-state index in [0.29, 0.717) is 11.3 Å². The van der Waals surface area contributed by atoms with Gasteiger partial charge in [-0.15, -0.1) is 0 Å². The second-order valence-corrected chi connectivity index (χ2v) is 5.85. The molecule has 1 fully saturated rings. The number of ether oxygens (including phenoxy) is 1. The molecule has 0 aliphatic carbocycles. The molecule has 2 aromatic rings. The third-order valence-electron chi connectivity index (χ3n) is 4.03. The van der Waals surface area contributed by atoms with Crippen molar-refractivity contribution in [1.29, 1.82) is 0 Å². The van der Waals surface area contributed by atoms with Crippen molar-refractivity contribution in [3.8, 4) is 11.5 Å². The van der Waals surface area contributed by atoms with E-state index in [9.17, 15) is 14.9 Å². The molecule has 0 atom stereocenters. The molecule has 0 spiro atoms. The number of likely N-dealkylation sites (tertiary alicyclic amines) is 1. The number of hydrogen-bond acceptors (Lipinski definition) is 4. The Morgan fingerprint density at radius 3 is 2.42 bits per heavy atom. The van der Waals surface area contributed by atoms with Crippen molar-refractivity contribution in [2.75, 3.05) is 13.1 Å². The number of aryl methyl sites for hydroxylation is 1. The van der Waals surface area contributed by atoms with Crippen LogP contribution in [0.4, 0.5) is 5.69 Å². The first kappa shape index (κ1) is 16.0. The molecule has 1 amide bonds. The second-order valence-electron chi connectivity index (χ2n) is 5.85. The molecule has 0 bridgehead atoms. The molecular formula is C18H18N2O4. The van der Waals surface area contributed by atoms with Gasteiger partial charge in [0.1, 0.15) is 5.75 Å². The molecular weight excluding hydrogens is 308 g/mol. The number of nitro benzene ring substituents is 1. The Labute approximate surface area is 139 Å². The fraction of sp³-hybridized carbons (Fsp3) is 0.278. The van der Waals surface area contributed by atoms with E-state index in [1.807, 2.05) is 4.90 Å². The Balaban J connectivity index is 1.77. The number of nitrogens with zero attached hydrogens (tertiary/aromatic N) is 2. The second kappa shape index (κ2) is 6.70. The monoisotopic (exact) mass is 326 g/mol. The van der Waals surface area contributed by atoms with E-state index in [1.54, 1.807) is 43.3 Å². The molecule has 1 aliphatic heterocycles. The zero-order valence-electron chi connectivity index (χ0n) is 13.4. The molecule has 1 saturated heterocycles. The fourth-order valence-electron chi connectivity index (χ4n) is 2.75. The lowest BCUT2D eigenvalue weighted by molar-refractivity contribution is -0.385. The number of carbonyl (C=O) groups is 1. The van der Waals surface area contributed by atoms with Crippen LogP contribution in [0.15, 0.2) is 42.5 Å². The molecule has 3 rings (SSSR count). The third kappa shape index (κ3) is 3.37. The van der Waals surface area contributed by atoms with Crippen LogP contribution in [0.3, 0.4) is 0 Å². The first-order valence-electron chi connectivity index (χ1n) is 7.87. The Hall–Kier alpha value is -2.89. The number of benzene rings is 2. The summed E-state index contributed by atoms with van der Waals surface area (Å²) in [6, 6.07) is 11.5. The van der Waals surface area contributed by atoms with Crippen LogP contribution in [0.2, 0.25) is 0 Å². The number of nitro groups is 1. The summed E-state index contributed by atoms with van der Waals surface area (Å²) in [7, 11) is 0. The fourth-order valence-corrected chi connectivity index (χ4v) is 2.75. The molecule has 0 radical (unpaired) electrons. The zero-order chi connectivity index (χ0) is 17.1. The van der Waals surface area contributed by atoms with Crippen molar-refractivity contribution < 1.29 is 14.5 Å². The molecule has 0 N–H and O–H groups in total. The van der Waals surface area contributed by atoms with Crippen molar-refractivity contribution >= 4 is 11.6 Å². The van der Waals surface area contributed by atoms with Gasteiger partial charge in [-0.25, -0.2) is 0 Å². The first-order chi connectivity index (χ1) is 11.5. The molecule has 2 aromatic carbocycles. The van der Waals surface area contributed by atoms with Crippen LogP contribution < -0.4 is 4.74 Å². The van der Waals surface area contributed by atoms with Gasteiger partial charge in [0.2, 0.25) is 5.75 Å². The van der Waals surface area contributed by atoms with Crippen LogP contribution >= 0.6 is 0 Å². The van der Waals surface area contributed by atoms with E-state index in [0.717, 1.165) is 31.5 Å². The summed E-state index contributed by atoms with van der Waals surface area (Å²) < 4.78 is 5.62. The van der Waals surface area contributed by atoms with E-state index in [4.69, 9.17) is 4.74 Å². The highest BCUT2D eigenvalue weighted by Crippen LogP contribution is 2.32. The molecule has 1 aliphatic rings. The minimum atomic E-state index is -0.465. The van der Waals surface area contributed by atoms with E-state index in [2.05, 4.69) is 0 Å². The number of rotatable bonds is 4. The van der Waals surface area contributed by atoms with Gasteiger partial charge >= 0.3 is 5.69 Å². The summed E-state index contributed by atoms with van der Waals surface area (Å²) in [5.74, 6) is 0.657. The van der Waals surface area contributed by atoms with Gasteiger partial charge in [-0.05, 0) is 55.7 Å². The quantitative estimate of drug-likeness (QED) is 0.630. The third-order valence-corrected chi connectivity index (χ3v) is 4.03. The highest BCUT2D eigenvalue weighted by molar-refractivity contribution is 5.94. The predicted molar refractivity (Wildman–Crippen MR) is 89.5 cm³/mol. The average Bonchev–Trinajstić information content (AvgIpc) is 3.11. The summed E-state index contributed by atoms with van der Waals surface area (Å²) in [5, 5.41) is 11.1. The Morgan fingerprint density at radius 2 is 1.79 bits per heavy atom. The zero-order valence-corrected chi connectivity index (χ0v) is 13.4. The van der Waals surface area contributed by atoms with E-state index >= 15 is 0 Å². The van der Waals surface area contributed by atoms with Gasteiger partial charge in [0.15, 0.2) is 0 Å². The summed E-state index contributed by atoms with van der Waals surface area (Å²) in [6.45, 7) is 3.38. The van der Waals surface area contributed by atoms with Gasteiger partial charge < -0.3 is 9.64 Å². The minimum absolute atomic E-state index is 0.0142. The summed E-state index contributed by atoms with van der Waals surface area (Å²) >= 11 is 0. The van der Waals surface area contributed by atoms with Crippen molar-refractivity contribution in [1.82, 2.24) is 4.90 Å². The Morgan fingerprint density at radius 1 is 1.12 bits per heavy atom. The lowest BCUT2D eigenvalue weighted by Crippen LogP contribution is -2.27. The number of hydrogen-bond donors (Lipinski definition) is 0. The van der Waals surface area contributed by atoms with Gasteiger partial charge in [-0.3, -0.25) is 14.9 Å². The highest BCUT2D eigenvalue weighted by Gasteiger charge is 2.20. The molecule has 1 heterocycles. The Bertz CT molecular complexity index is 765. The minimum Gasteiger partial charge on any atom is -0.450 e. The van der Waals surface area contributed by atoms with Gasteiger partial charge in [0.25, 0.3) is 5.91 Å². The molecule has 0 unspecified atom stereocenters. The normalized spacial score (nSPS) is 13.8. The van der Waals surface area contributed by atoms with E-state index in [1.165, 1.54) is 6.07 Å². The van der Waals surface area contributed by atoms with Gasteiger partial charge in [0, 0.05) is 24.7 Å². The summed E-state index contributed by atoms with van der Waals surface area (Å²) in [6.07, 6.45) is 2.09. The van der Waals surface area contributed by atoms with Gasteiger partial charge in [-0.1, -0.05) is 6.07 Å². The SMILES string of the molecule is Cc1ccc(Oc2ccc(C(=O)N3CCCC3)cc2)c([N+](=O)[O-])c1. The molecule has 6 nitrogen and oxygen atoms in total. The van der Waals surface area contributed by atoms with Crippen LogP contribution in [-0.4, -0.2) is 28.8 Å². The first-order valence-corrected chi connectivity index (χ1v) is 7.87. The predicted octanol–water partition coefficient (Wildman–Crippen LogP) is 3.93. The molecule has 0 aromatic heterocycles. The lowest BCUT2D eigenvalue weighted by Gasteiger charge is -2.15. The Kier molecular flexibility index (Phi) is 4.46. The van der Waals surface area contributed by atoms with Gasteiger partial charge in [0.05, 0.1) is 4.92 Å². The standard InChI is InChI=1S/C18H18N2O4/c1-13-4-9-17(16(12-13)20(22)23)24-15-7-5-14(6-8-15)18(21)19-10-2-3-11-19/h4-9,12H,2-3,10-11H2,1H3. The van der Waals surface area contributed by atoms with Crippen molar-refractivity contribution in [2.24, 2.45) is 0 Å². The largest absolute Gasteiger partial charge is 0.450 e. The van der Waals surface area contributed by atoms with Crippen molar-refractivity contribution in [3.05, 3.63) is 63.7 Å². The maximum Gasteiger partial charge on any atom is 0.311 e. The van der Waals surface area contributed by atoms with Crippen molar-refractivity contribution in [2.45, 2.75) is 19.8 Å². The number of carbonyl (C=O) groups excluding carboxylic acids is 1. The van der Waals surface area contributed by atoms with Crippen LogP contribution in [0.25, 0.3) is 0 Å². The van der Waals surface area contributed by atoms with E-state index in [-0.39, 0.29) is 17.3 Å². The highest BCUT2D eigenvalue weighted by atomic mass is 16.6. The van der Waals surface area contributed by atoms with Crippen LogP contribution in [0, 0.1) is 17.0 Å². The van der Waals surface area contributed by atoms with Gasteiger partial charge in [-0.2, -0.15) is 0 Å². The van der Waals surface area contributed by atoms with E-state index < -0.39 is 4.92 Å². The maximum absolute atomic E-state index is 12.3. The maximum atomic E-state index is 12.3. The smallest absolute Gasteiger partial charge is 0.311 e. The summed E-state index contributed by atoms with van der Waals surface area (Å²) in [5.41, 5.74) is 1.32.